The molecule has 0 aliphatic heterocycles. The van der Waals surface area contributed by atoms with E-state index in [1.54, 1.807) is 6.20 Å². The molecule has 0 spiro atoms. The Morgan fingerprint density at radius 2 is 2.26 bits per heavy atom. The van der Waals surface area contributed by atoms with E-state index in [0.29, 0.717) is 0 Å². The second-order valence-electron chi connectivity index (χ2n) is 4.39. The van der Waals surface area contributed by atoms with E-state index in [2.05, 4.69) is 34.0 Å². The van der Waals surface area contributed by atoms with Crippen molar-refractivity contribution in [3.05, 3.63) is 47.2 Å². The Balaban J connectivity index is 1.98. The first kappa shape index (κ1) is 12.3. The van der Waals surface area contributed by atoms with Crippen LogP contribution in [0.4, 0.5) is 0 Å². The average Bonchev–Trinajstić information content (AvgIpc) is 3.08. The normalized spacial score (nSPS) is 12.9. The molecule has 1 unspecified atom stereocenters. The number of hydrogen-bond donors (Lipinski definition) is 1. The van der Waals surface area contributed by atoms with Gasteiger partial charge in [0.25, 0.3) is 0 Å². The fraction of sp³-hybridized carbons (Fsp3) is 0.286. The van der Waals surface area contributed by atoms with Crippen molar-refractivity contribution in [3.63, 3.8) is 0 Å². The first-order valence-electron chi connectivity index (χ1n) is 6.37. The van der Waals surface area contributed by atoms with Crippen molar-refractivity contribution in [2.45, 2.75) is 19.4 Å². The lowest BCUT2D eigenvalue weighted by Gasteiger charge is -2.13. The molecule has 3 rings (SSSR count). The van der Waals surface area contributed by atoms with Gasteiger partial charge in [-0.15, -0.1) is 5.10 Å². The molecule has 0 aliphatic carbocycles. The topological polar surface area (TPSA) is 51.0 Å². The summed E-state index contributed by atoms with van der Waals surface area (Å²) in [4.78, 5) is 1.08. The zero-order chi connectivity index (χ0) is 13.1. The molecule has 0 saturated heterocycles. The Morgan fingerprint density at radius 3 is 3.00 bits per heavy atom. The fourth-order valence-electron chi connectivity index (χ4n) is 2.08. The maximum absolute atomic E-state index is 5.94. The van der Waals surface area contributed by atoms with Crippen molar-refractivity contribution in [2.24, 2.45) is 0 Å². The number of rotatable bonds is 5. The molecule has 0 radical (unpaired) electrons. The number of benzene rings is 1. The van der Waals surface area contributed by atoms with E-state index >= 15 is 0 Å². The quantitative estimate of drug-likeness (QED) is 0.774. The summed E-state index contributed by atoms with van der Waals surface area (Å²) < 4.78 is 9.88. The van der Waals surface area contributed by atoms with E-state index in [0.717, 1.165) is 34.6 Å². The summed E-state index contributed by atoms with van der Waals surface area (Å²) in [5.74, 6) is 0.917. The molecule has 98 valence electrons. The van der Waals surface area contributed by atoms with E-state index in [1.807, 2.05) is 18.2 Å². The van der Waals surface area contributed by atoms with E-state index in [-0.39, 0.29) is 6.04 Å². The SMILES string of the molecule is CCCNC(c1cc2ccccc2o1)c1cnns1. The van der Waals surface area contributed by atoms with Gasteiger partial charge in [-0.25, -0.2) is 0 Å². The van der Waals surface area contributed by atoms with Gasteiger partial charge in [-0.3, -0.25) is 0 Å². The van der Waals surface area contributed by atoms with Crippen molar-refractivity contribution in [1.82, 2.24) is 14.9 Å². The largest absolute Gasteiger partial charge is 0.459 e. The minimum atomic E-state index is 0.0346. The van der Waals surface area contributed by atoms with E-state index in [4.69, 9.17) is 4.42 Å². The van der Waals surface area contributed by atoms with Crippen LogP contribution in [0.2, 0.25) is 0 Å². The van der Waals surface area contributed by atoms with Gasteiger partial charge < -0.3 is 9.73 Å². The van der Waals surface area contributed by atoms with Gasteiger partial charge in [0.1, 0.15) is 17.4 Å². The Hall–Kier alpha value is -1.72. The summed E-state index contributed by atoms with van der Waals surface area (Å²) in [6.45, 7) is 3.08. The highest BCUT2D eigenvalue weighted by Crippen LogP contribution is 2.29. The summed E-state index contributed by atoms with van der Waals surface area (Å²) in [6, 6.07) is 10.2. The summed E-state index contributed by atoms with van der Waals surface area (Å²) >= 11 is 1.40. The number of nitrogens with zero attached hydrogens (tertiary/aromatic N) is 2. The van der Waals surface area contributed by atoms with Gasteiger partial charge in [-0.1, -0.05) is 29.6 Å². The maximum Gasteiger partial charge on any atom is 0.134 e. The number of para-hydroxylation sites is 1. The second kappa shape index (κ2) is 5.50. The Morgan fingerprint density at radius 1 is 1.37 bits per heavy atom. The van der Waals surface area contributed by atoms with Gasteiger partial charge in [-0.2, -0.15) is 0 Å². The summed E-state index contributed by atoms with van der Waals surface area (Å²) in [6.07, 6.45) is 2.87. The van der Waals surface area contributed by atoms with Crippen LogP contribution in [0, 0.1) is 0 Å². The first-order chi connectivity index (χ1) is 9.38. The molecule has 0 amide bonds. The van der Waals surface area contributed by atoms with Crippen LogP contribution in [0.15, 0.2) is 40.9 Å². The number of hydrogen-bond acceptors (Lipinski definition) is 5. The van der Waals surface area contributed by atoms with Crippen LogP contribution < -0.4 is 5.32 Å². The zero-order valence-corrected chi connectivity index (χ0v) is 11.5. The van der Waals surface area contributed by atoms with Gasteiger partial charge >= 0.3 is 0 Å². The summed E-state index contributed by atoms with van der Waals surface area (Å²) in [7, 11) is 0. The molecule has 5 heteroatoms. The Bertz CT molecular complexity index is 615. The van der Waals surface area contributed by atoms with Crippen LogP contribution >= 0.6 is 11.5 Å². The molecule has 1 aromatic carbocycles. The fourth-order valence-corrected chi connectivity index (χ4v) is 2.66. The third-order valence-corrected chi connectivity index (χ3v) is 3.72. The number of nitrogens with one attached hydrogen (secondary N) is 1. The smallest absolute Gasteiger partial charge is 0.134 e. The Labute approximate surface area is 115 Å². The van der Waals surface area contributed by atoms with Crippen molar-refractivity contribution in [3.8, 4) is 0 Å². The van der Waals surface area contributed by atoms with Crippen LogP contribution in [-0.4, -0.2) is 16.1 Å². The highest BCUT2D eigenvalue weighted by atomic mass is 32.1. The van der Waals surface area contributed by atoms with Crippen LogP contribution in [-0.2, 0) is 0 Å². The molecule has 3 aromatic rings. The van der Waals surface area contributed by atoms with Crippen LogP contribution in [0.25, 0.3) is 11.0 Å². The number of aromatic nitrogens is 2. The first-order valence-corrected chi connectivity index (χ1v) is 7.15. The number of fused-ring (bicyclic) bond motifs is 1. The maximum atomic E-state index is 5.94. The lowest BCUT2D eigenvalue weighted by atomic mass is 10.1. The average molecular weight is 273 g/mol. The molecule has 0 fully saturated rings. The molecule has 0 bridgehead atoms. The molecule has 0 saturated carbocycles. The molecule has 4 nitrogen and oxygen atoms in total. The zero-order valence-electron chi connectivity index (χ0n) is 10.7. The van der Waals surface area contributed by atoms with Crippen molar-refractivity contribution < 1.29 is 4.42 Å². The second-order valence-corrected chi connectivity index (χ2v) is 5.21. The highest BCUT2D eigenvalue weighted by Gasteiger charge is 2.19. The standard InChI is InChI=1S/C14H15N3OS/c1-2-7-15-14(13-9-16-17-19-13)12-8-10-5-3-4-6-11(10)18-12/h3-6,8-9,14-15H,2,7H2,1H3. The highest BCUT2D eigenvalue weighted by molar-refractivity contribution is 7.05. The lowest BCUT2D eigenvalue weighted by Crippen LogP contribution is -2.21. The molecular weight excluding hydrogens is 258 g/mol. The van der Waals surface area contributed by atoms with Gasteiger partial charge in [0.05, 0.1) is 11.1 Å². The monoisotopic (exact) mass is 273 g/mol. The predicted octanol–water partition coefficient (Wildman–Crippen LogP) is 3.37. The third-order valence-electron chi connectivity index (χ3n) is 2.99. The van der Waals surface area contributed by atoms with Crippen LogP contribution in [0.5, 0.6) is 0 Å². The molecule has 1 atom stereocenters. The van der Waals surface area contributed by atoms with Gasteiger partial charge in [0.2, 0.25) is 0 Å². The molecular formula is C14H15N3OS. The van der Waals surface area contributed by atoms with Crippen molar-refractivity contribution in [2.75, 3.05) is 6.54 Å². The molecule has 2 heterocycles. The molecule has 0 aliphatic rings. The van der Waals surface area contributed by atoms with Crippen molar-refractivity contribution in [1.29, 1.82) is 0 Å². The minimum absolute atomic E-state index is 0.0346. The lowest BCUT2D eigenvalue weighted by molar-refractivity contribution is 0.473. The summed E-state index contributed by atoms with van der Waals surface area (Å²) in [5.41, 5.74) is 0.915. The van der Waals surface area contributed by atoms with E-state index < -0.39 is 0 Å². The number of furan rings is 1. The molecule has 2 aromatic heterocycles. The summed E-state index contributed by atoms with van der Waals surface area (Å²) in [5, 5.41) is 8.53. The molecule has 1 N–H and O–H groups in total. The van der Waals surface area contributed by atoms with Crippen LogP contribution in [0.1, 0.15) is 30.0 Å². The van der Waals surface area contributed by atoms with Gasteiger partial charge in [-0.05, 0) is 36.6 Å². The Kier molecular flexibility index (Phi) is 3.57. The van der Waals surface area contributed by atoms with Gasteiger partial charge in [0, 0.05) is 5.39 Å². The third kappa shape index (κ3) is 2.52. The van der Waals surface area contributed by atoms with E-state index in [9.17, 15) is 0 Å². The van der Waals surface area contributed by atoms with E-state index in [1.165, 1.54) is 11.5 Å². The minimum Gasteiger partial charge on any atom is -0.459 e. The van der Waals surface area contributed by atoms with Gasteiger partial charge in [0.15, 0.2) is 0 Å². The predicted molar refractivity (Wildman–Crippen MR) is 76.3 cm³/mol. The molecule has 19 heavy (non-hydrogen) atoms. The van der Waals surface area contributed by atoms with Crippen LogP contribution in [0.3, 0.4) is 0 Å². The van der Waals surface area contributed by atoms with Crippen molar-refractivity contribution >= 4 is 22.5 Å².